The molecule has 106 valence electrons. The molecule has 0 aliphatic carbocycles. The Hall–Kier alpha value is -1.83. The highest BCUT2D eigenvalue weighted by molar-refractivity contribution is 5.99. The molecule has 0 fully saturated rings. The first-order valence-electron chi connectivity index (χ1n) is 5.65. The zero-order chi connectivity index (χ0) is 14.5. The van der Waals surface area contributed by atoms with Crippen molar-refractivity contribution in [2.75, 3.05) is 18.5 Å². The van der Waals surface area contributed by atoms with Crippen LogP contribution in [-0.4, -0.2) is 35.1 Å². The van der Waals surface area contributed by atoms with Crippen LogP contribution in [0.1, 0.15) is 23.7 Å². The first-order valence-corrected chi connectivity index (χ1v) is 5.65. The Balaban J connectivity index is 2.99. The Labute approximate surface area is 108 Å². The number of halogens is 3. The second kappa shape index (κ2) is 6.37. The van der Waals surface area contributed by atoms with Crippen LogP contribution in [0.2, 0.25) is 0 Å². The number of alkyl halides is 3. The molecule has 0 saturated carbocycles. The zero-order valence-electron chi connectivity index (χ0n) is 10.4. The van der Waals surface area contributed by atoms with E-state index in [9.17, 15) is 18.0 Å². The molecule has 1 heterocycles. The smallest absolute Gasteiger partial charge is 0.329 e. The molecule has 5 nitrogen and oxygen atoms in total. The summed E-state index contributed by atoms with van der Waals surface area (Å²) in [5.41, 5.74) is 2.52. The summed E-state index contributed by atoms with van der Waals surface area (Å²) in [6, 6.07) is 1.42. The number of nitrogens with zero attached hydrogens (tertiary/aromatic N) is 2. The summed E-state index contributed by atoms with van der Waals surface area (Å²) in [6.07, 6.45) is -1.44. The summed E-state index contributed by atoms with van der Waals surface area (Å²) in [6.45, 7) is 0.415. The number of hydrogen-bond donors (Lipinski definition) is 2. The lowest BCUT2D eigenvalue weighted by Crippen LogP contribution is -2.39. The fourth-order valence-corrected chi connectivity index (χ4v) is 1.60. The molecule has 0 aliphatic rings. The molecule has 19 heavy (non-hydrogen) atoms. The summed E-state index contributed by atoms with van der Waals surface area (Å²) in [7, 11) is 0. The fourth-order valence-electron chi connectivity index (χ4n) is 1.60. The molecule has 0 aliphatic heterocycles. The number of carbonyl (C=O) groups is 1. The van der Waals surface area contributed by atoms with E-state index in [0.717, 1.165) is 4.90 Å². The maximum absolute atomic E-state index is 12.4. The van der Waals surface area contributed by atoms with Gasteiger partial charge in [0, 0.05) is 18.9 Å². The van der Waals surface area contributed by atoms with Gasteiger partial charge in [-0.3, -0.25) is 15.6 Å². The Kier molecular flexibility index (Phi) is 5.11. The van der Waals surface area contributed by atoms with Crippen LogP contribution in [0.5, 0.6) is 0 Å². The number of amides is 1. The molecular formula is C11H15F3N4O. The quantitative estimate of drug-likeness (QED) is 0.635. The molecule has 8 heteroatoms. The molecule has 0 spiro atoms. The first kappa shape index (κ1) is 15.2. The van der Waals surface area contributed by atoms with Gasteiger partial charge in [-0.1, -0.05) is 6.92 Å². The van der Waals surface area contributed by atoms with Gasteiger partial charge in [-0.25, -0.2) is 0 Å². The molecule has 0 radical (unpaired) electrons. The van der Waals surface area contributed by atoms with Crippen LogP contribution in [0.15, 0.2) is 18.5 Å². The third-order valence-corrected chi connectivity index (χ3v) is 2.36. The Morgan fingerprint density at radius 3 is 2.74 bits per heavy atom. The van der Waals surface area contributed by atoms with Gasteiger partial charge in [-0.2, -0.15) is 13.2 Å². The minimum atomic E-state index is -4.44. The van der Waals surface area contributed by atoms with E-state index in [2.05, 4.69) is 10.4 Å². The monoisotopic (exact) mass is 276 g/mol. The highest BCUT2D eigenvalue weighted by Gasteiger charge is 2.33. The largest absolute Gasteiger partial charge is 0.406 e. The lowest BCUT2D eigenvalue weighted by atomic mass is 10.2. The van der Waals surface area contributed by atoms with Gasteiger partial charge in [-0.05, 0) is 12.5 Å². The lowest BCUT2D eigenvalue weighted by Gasteiger charge is -2.24. The van der Waals surface area contributed by atoms with Crippen molar-refractivity contribution in [3.8, 4) is 0 Å². The van der Waals surface area contributed by atoms with E-state index < -0.39 is 18.6 Å². The van der Waals surface area contributed by atoms with Crippen molar-refractivity contribution in [1.29, 1.82) is 0 Å². The van der Waals surface area contributed by atoms with E-state index in [1.165, 1.54) is 18.5 Å². The summed E-state index contributed by atoms with van der Waals surface area (Å²) in [5, 5.41) is 0. The zero-order valence-corrected chi connectivity index (χ0v) is 10.4. The minimum Gasteiger partial charge on any atom is -0.329 e. The average Bonchev–Trinajstić information content (AvgIpc) is 2.36. The maximum atomic E-state index is 12.4. The maximum Gasteiger partial charge on any atom is 0.406 e. The number of aromatic nitrogens is 1. The molecule has 1 rings (SSSR count). The van der Waals surface area contributed by atoms with Gasteiger partial charge in [-0.15, -0.1) is 0 Å². The van der Waals surface area contributed by atoms with E-state index in [1.807, 2.05) is 0 Å². The van der Waals surface area contributed by atoms with E-state index in [1.54, 1.807) is 6.92 Å². The van der Waals surface area contributed by atoms with Gasteiger partial charge in [0.25, 0.3) is 5.91 Å². The Morgan fingerprint density at radius 2 is 2.21 bits per heavy atom. The van der Waals surface area contributed by atoms with Crippen LogP contribution in [0.3, 0.4) is 0 Å². The normalized spacial score (nSPS) is 11.2. The van der Waals surface area contributed by atoms with Crippen LogP contribution in [0, 0.1) is 0 Å². The van der Waals surface area contributed by atoms with Crippen LogP contribution in [0.25, 0.3) is 0 Å². The van der Waals surface area contributed by atoms with E-state index >= 15 is 0 Å². The van der Waals surface area contributed by atoms with Crippen molar-refractivity contribution in [2.45, 2.75) is 19.5 Å². The highest BCUT2D eigenvalue weighted by Crippen LogP contribution is 2.20. The van der Waals surface area contributed by atoms with Gasteiger partial charge < -0.3 is 10.3 Å². The number of anilines is 1. The number of hydrazine groups is 1. The predicted octanol–water partition coefficient (Wildman–Crippen LogP) is 1.78. The summed E-state index contributed by atoms with van der Waals surface area (Å²) in [4.78, 5) is 16.5. The van der Waals surface area contributed by atoms with Crippen LogP contribution in [-0.2, 0) is 0 Å². The number of rotatable bonds is 5. The van der Waals surface area contributed by atoms with Crippen molar-refractivity contribution >= 4 is 11.6 Å². The van der Waals surface area contributed by atoms with Crippen LogP contribution in [0.4, 0.5) is 18.9 Å². The molecule has 1 aromatic rings. The number of carbonyl (C=O) groups excluding carboxylic acids is 1. The molecule has 0 unspecified atom stereocenters. The van der Waals surface area contributed by atoms with Gasteiger partial charge >= 0.3 is 6.18 Å². The summed E-state index contributed by atoms with van der Waals surface area (Å²) < 4.78 is 37.3. The molecule has 0 bridgehead atoms. The van der Waals surface area contributed by atoms with Gasteiger partial charge in [0.2, 0.25) is 0 Å². The predicted molar refractivity (Wildman–Crippen MR) is 64.3 cm³/mol. The van der Waals surface area contributed by atoms with E-state index in [0.29, 0.717) is 6.42 Å². The summed E-state index contributed by atoms with van der Waals surface area (Å²) in [5.74, 6) is 4.47. The van der Waals surface area contributed by atoms with Crippen molar-refractivity contribution in [2.24, 2.45) is 5.84 Å². The van der Waals surface area contributed by atoms with Gasteiger partial charge in [0.15, 0.2) is 0 Å². The van der Waals surface area contributed by atoms with Gasteiger partial charge in [0.05, 0.1) is 11.3 Å². The highest BCUT2D eigenvalue weighted by atomic mass is 19.4. The molecule has 0 saturated heterocycles. The molecule has 1 aromatic heterocycles. The fraction of sp³-hybridized carbons (Fsp3) is 0.455. The van der Waals surface area contributed by atoms with Crippen molar-refractivity contribution < 1.29 is 18.0 Å². The van der Waals surface area contributed by atoms with Crippen molar-refractivity contribution in [3.63, 3.8) is 0 Å². The second-order valence-electron chi connectivity index (χ2n) is 3.91. The van der Waals surface area contributed by atoms with Crippen LogP contribution < -0.4 is 11.3 Å². The standard InChI is InChI=1S/C11H15F3N4O/c1-2-5-18(7-11(12,13)14)10(19)8-6-16-4-3-9(8)17-15/h3-4,6H,2,5,7,15H2,1H3,(H,16,17). The first-order chi connectivity index (χ1) is 8.89. The summed E-state index contributed by atoms with van der Waals surface area (Å²) >= 11 is 0. The number of pyridine rings is 1. The minimum absolute atomic E-state index is 0.0112. The SMILES string of the molecule is CCCN(CC(F)(F)F)C(=O)c1cnccc1NN. The Bertz CT molecular complexity index is 436. The van der Waals surface area contributed by atoms with Crippen LogP contribution >= 0.6 is 0 Å². The molecule has 0 atom stereocenters. The van der Waals surface area contributed by atoms with Crippen molar-refractivity contribution in [3.05, 3.63) is 24.0 Å². The Morgan fingerprint density at radius 1 is 1.53 bits per heavy atom. The number of nitrogens with two attached hydrogens (primary N) is 1. The van der Waals surface area contributed by atoms with Crippen molar-refractivity contribution in [1.82, 2.24) is 9.88 Å². The third-order valence-electron chi connectivity index (χ3n) is 2.36. The average molecular weight is 276 g/mol. The number of nitrogens with one attached hydrogen (secondary N) is 1. The molecule has 0 aromatic carbocycles. The van der Waals surface area contributed by atoms with E-state index in [-0.39, 0.29) is 17.8 Å². The lowest BCUT2D eigenvalue weighted by molar-refractivity contribution is -0.140. The molecule has 3 N–H and O–H groups in total. The van der Waals surface area contributed by atoms with E-state index in [4.69, 9.17) is 5.84 Å². The second-order valence-corrected chi connectivity index (χ2v) is 3.91. The number of nitrogen functional groups attached to an aromatic ring is 1. The molecule has 1 amide bonds. The number of hydrogen-bond acceptors (Lipinski definition) is 4. The van der Waals surface area contributed by atoms with Gasteiger partial charge in [0.1, 0.15) is 6.54 Å². The molecular weight excluding hydrogens is 261 g/mol. The topological polar surface area (TPSA) is 71.2 Å². The third kappa shape index (κ3) is 4.40.